The predicted molar refractivity (Wildman–Crippen MR) is 103 cm³/mol. The lowest BCUT2D eigenvalue weighted by Crippen LogP contribution is -2.43. The van der Waals surface area contributed by atoms with Gasteiger partial charge in [-0.15, -0.1) is 0 Å². The number of carbonyl (C=O) groups is 1. The van der Waals surface area contributed by atoms with E-state index in [1.54, 1.807) is 14.2 Å². The van der Waals surface area contributed by atoms with Crippen LogP contribution in [0.1, 0.15) is 49.8 Å². The van der Waals surface area contributed by atoms with Crippen LogP contribution in [0.25, 0.3) is 0 Å². The molecule has 0 aliphatic heterocycles. The lowest BCUT2D eigenvalue weighted by Gasteiger charge is -2.30. The Kier molecular flexibility index (Phi) is 5.50. The summed E-state index contributed by atoms with van der Waals surface area (Å²) in [5.41, 5.74) is 1.60. The first-order valence-corrected chi connectivity index (χ1v) is 9.19. The Morgan fingerprint density at radius 2 is 1.73 bits per heavy atom. The molecule has 0 unspecified atom stereocenters. The Morgan fingerprint density at radius 1 is 1.04 bits per heavy atom. The Hall–Kier alpha value is -2.49. The molecule has 1 N–H and O–H groups in total. The molecule has 1 fully saturated rings. The molecule has 4 heteroatoms. The zero-order valence-corrected chi connectivity index (χ0v) is 15.7. The molecule has 1 atom stereocenters. The van der Waals surface area contributed by atoms with Crippen LogP contribution >= 0.6 is 0 Å². The molecule has 1 saturated carbocycles. The van der Waals surface area contributed by atoms with E-state index in [1.165, 1.54) is 0 Å². The third-order valence-electron chi connectivity index (χ3n) is 5.47. The smallest absolute Gasteiger partial charge is 0.231 e. The van der Waals surface area contributed by atoms with Gasteiger partial charge in [0.2, 0.25) is 5.91 Å². The zero-order chi connectivity index (χ0) is 18.6. The van der Waals surface area contributed by atoms with Crippen LogP contribution in [-0.4, -0.2) is 20.1 Å². The molecule has 0 aromatic heterocycles. The van der Waals surface area contributed by atoms with E-state index in [9.17, 15) is 4.79 Å². The van der Waals surface area contributed by atoms with Gasteiger partial charge in [-0.2, -0.15) is 0 Å². The number of hydrogen-bond donors (Lipinski definition) is 1. The largest absolute Gasteiger partial charge is 0.497 e. The zero-order valence-electron chi connectivity index (χ0n) is 15.7. The van der Waals surface area contributed by atoms with Crippen molar-refractivity contribution in [2.24, 2.45) is 0 Å². The molecule has 0 bridgehead atoms. The van der Waals surface area contributed by atoms with Gasteiger partial charge in [0.1, 0.15) is 11.5 Å². The van der Waals surface area contributed by atoms with Crippen LogP contribution in [0.2, 0.25) is 0 Å². The van der Waals surface area contributed by atoms with E-state index < -0.39 is 5.41 Å². The highest BCUT2D eigenvalue weighted by molar-refractivity contribution is 5.89. The fraction of sp³-hybridized carbons (Fsp3) is 0.409. The van der Waals surface area contributed by atoms with E-state index >= 15 is 0 Å². The van der Waals surface area contributed by atoms with Crippen LogP contribution in [0.15, 0.2) is 48.5 Å². The predicted octanol–water partition coefficient (Wildman–Crippen LogP) is 4.39. The summed E-state index contributed by atoms with van der Waals surface area (Å²) in [5.74, 6) is 1.60. The molecular weight excluding hydrogens is 326 g/mol. The van der Waals surface area contributed by atoms with Crippen LogP contribution in [0.3, 0.4) is 0 Å². The van der Waals surface area contributed by atoms with Gasteiger partial charge in [-0.05, 0) is 43.5 Å². The van der Waals surface area contributed by atoms with Crippen LogP contribution < -0.4 is 14.8 Å². The molecule has 2 aromatic carbocycles. The topological polar surface area (TPSA) is 47.6 Å². The first-order valence-electron chi connectivity index (χ1n) is 9.19. The van der Waals surface area contributed by atoms with Crippen molar-refractivity contribution in [1.29, 1.82) is 0 Å². The summed E-state index contributed by atoms with van der Waals surface area (Å²) in [4.78, 5) is 13.3. The quantitative estimate of drug-likeness (QED) is 0.838. The van der Waals surface area contributed by atoms with Gasteiger partial charge in [0.25, 0.3) is 0 Å². The minimum atomic E-state index is -0.429. The van der Waals surface area contributed by atoms with Crippen LogP contribution in [0.4, 0.5) is 0 Å². The highest BCUT2D eigenvalue weighted by atomic mass is 16.5. The second-order valence-electron chi connectivity index (χ2n) is 6.96. The van der Waals surface area contributed by atoms with Crippen molar-refractivity contribution in [3.63, 3.8) is 0 Å². The molecule has 0 heterocycles. The van der Waals surface area contributed by atoms with Crippen LogP contribution in [0.5, 0.6) is 11.5 Å². The van der Waals surface area contributed by atoms with Crippen molar-refractivity contribution in [2.45, 2.75) is 44.1 Å². The van der Waals surface area contributed by atoms with E-state index in [2.05, 4.69) is 17.4 Å². The van der Waals surface area contributed by atoms with Crippen molar-refractivity contribution in [2.75, 3.05) is 14.2 Å². The van der Waals surface area contributed by atoms with Crippen LogP contribution in [-0.2, 0) is 10.2 Å². The highest BCUT2D eigenvalue weighted by Crippen LogP contribution is 2.42. The maximum absolute atomic E-state index is 13.3. The molecule has 0 spiro atoms. The number of nitrogens with one attached hydrogen (secondary N) is 1. The molecule has 2 aromatic rings. The van der Waals surface area contributed by atoms with Crippen molar-refractivity contribution in [3.05, 3.63) is 59.7 Å². The summed E-state index contributed by atoms with van der Waals surface area (Å²) >= 11 is 0. The minimum absolute atomic E-state index is 0.0959. The standard InChI is InChI=1S/C22H27NO3/c1-16(19-15-18(25-2)11-12-20(19)26-3)23-21(24)22(13-7-8-14-22)17-9-5-4-6-10-17/h4-6,9-12,15-16H,7-8,13-14H2,1-3H3,(H,23,24)/t16-/m0/s1. The second kappa shape index (κ2) is 7.81. The van der Waals surface area contributed by atoms with Crippen molar-refractivity contribution in [1.82, 2.24) is 5.32 Å². The Bertz CT molecular complexity index is 751. The Labute approximate surface area is 155 Å². The summed E-state index contributed by atoms with van der Waals surface area (Å²) < 4.78 is 10.8. The monoisotopic (exact) mass is 353 g/mol. The average Bonchev–Trinajstić information content (AvgIpc) is 3.19. The number of amides is 1. The summed E-state index contributed by atoms with van der Waals surface area (Å²) in [6.45, 7) is 1.99. The summed E-state index contributed by atoms with van der Waals surface area (Å²) in [6.07, 6.45) is 3.95. The molecule has 1 aliphatic rings. The fourth-order valence-electron chi connectivity index (χ4n) is 3.97. The van der Waals surface area contributed by atoms with Gasteiger partial charge >= 0.3 is 0 Å². The number of benzene rings is 2. The van der Waals surface area contributed by atoms with Gasteiger partial charge in [0.15, 0.2) is 0 Å². The lowest BCUT2D eigenvalue weighted by molar-refractivity contribution is -0.127. The van der Waals surface area contributed by atoms with Crippen molar-refractivity contribution < 1.29 is 14.3 Å². The number of carbonyl (C=O) groups excluding carboxylic acids is 1. The first kappa shape index (κ1) is 18.3. The maximum atomic E-state index is 13.3. The van der Waals surface area contributed by atoms with Crippen molar-refractivity contribution in [3.8, 4) is 11.5 Å². The van der Waals surface area contributed by atoms with E-state index in [0.29, 0.717) is 0 Å². The van der Waals surface area contributed by atoms with Gasteiger partial charge in [0, 0.05) is 5.56 Å². The third-order valence-corrected chi connectivity index (χ3v) is 5.47. The van der Waals surface area contributed by atoms with E-state index in [1.807, 2.05) is 43.3 Å². The van der Waals surface area contributed by atoms with Gasteiger partial charge in [0.05, 0.1) is 25.7 Å². The molecular formula is C22H27NO3. The minimum Gasteiger partial charge on any atom is -0.497 e. The van der Waals surface area contributed by atoms with E-state index in [-0.39, 0.29) is 11.9 Å². The molecule has 26 heavy (non-hydrogen) atoms. The van der Waals surface area contributed by atoms with E-state index in [0.717, 1.165) is 48.3 Å². The number of hydrogen-bond acceptors (Lipinski definition) is 3. The summed E-state index contributed by atoms with van der Waals surface area (Å²) in [6, 6.07) is 15.6. The van der Waals surface area contributed by atoms with E-state index in [4.69, 9.17) is 9.47 Å². The average molecular weight is 353 g/mol. The summed E-state index contributed by atoms with van der Waals surface area (Å²) in [5, 5.41) is 3.23. The van der Waals surface area contributed by atoms with Gasteiger partial charge in [-0.1, -0.05) is 43.2 Å². The molecule has 4 nitrogen and oxygen atoms in total. The SMILES string of the molecule is COc1ccc(OC)c([C@H](C)NC(=O)C2(c3ccccc3)CCCC2)c1. The maximum Gasteiger partial charge on any atom is 0.231 e. The normalized spacial score (nSPS) is 16.7. The van der Waals surface area contributed by atoms with Crippen LogP contribution in [0, 0.1) is 0 Å². The molecule has 3 rings (SSSR count). The fourth-order valence-corrected chi connectivity index (χ4v) is 3.97. The number of methoxy groups -OCH3 is 2. The second-order valence-corrected chi connectivity index (χ2v) is 6.96. The van der Waals surface area contributed by atoms with Gasteiger partial charge in [-0.25, -0.2) is 0 Å². The number of rotatable bonds is 6. The van der Waals surface area contributed by atoms with Crippen molar-refractivity contribution >= 4 is 5.91 Å². The number of ether oxygens (including phenoxy) is 2. The lowest BCUT2D eigenvalue weighted by atomic mass is 9.77. The molecule has 0 saturated heterocycles. The van der Waals surface area contributed by atoms with Gasteiger partial charge < -0.3 is 14.8 Å². The summed E-state index contributed by atoms with van der Waals surface area (Å²) in [7, 11) is 3.28. The first-order chi connectivity index (χ1) is 12.6. The highest BCUT2D eigenvalue weighted by Gasteiger charge is 2.43. The molecule has 0 radical (unpaired) electrons. The Morgan fingerprint density at radius 3 is 2.35 bits per heavy atom. The van der Waals surface area contributed by atoms with Gasteiger partial charge in [-0.3, -0.25) is 4.79 Å². The molecule has 1 aliphatic carbocycles. The molecule has 1 amide bonds. The molecule has 138 valence electrons. The third kappa shape index (κ3) is 3.41. The Balaban J connectivity index is 1.87.